The Hall–Kier alpha value is -2.88. The topological polar surface area (TPSA) is 82.4 Å². The van der Waals surface area contributed by atoms with Crippen molar-refractivity contribution < 1.29 is 18.1 Å². The summed E-state index contributed by atoms with van der Waals surface area (Å²) < 4.78 is 40.8. The number of aromatic nitrogens is 3. The second-order valence-corrected chi connectivity index (χ2v) is 5.57. The van der Waals surface area contributed by atoms with Crippen molar-refractivity contribution in [3.8, 4) is 0 Å². The molecule has 2 heterocycles. The van der Waals surface area contributed by atoms with Gasteiger partial charge in [-0.2, -0.15) is 18.3 Å². The lowest BCUT2D eigenvalue weighted by atomic mass is 10.1. The van der Waals surface area contributed by atoms with E-state index in [1.54, 1.807) is 0 Å². The highest BCUT2D eigenvalue weighted by molar-refractivity contribution is 6.31. The Kier molecular flexibility index (Phi) is 3.99. The Morgan fingerprint density at radius 3 is 2.64 bits per heavy atom. The molecule has 0 amide bonds. The standard InChI is InChI=1S/C14H8ClF3N4O3/c15-11-2-1-8(3-10(11)14(16,17)18)5-20-7-19-21-6-9(22(24)25)4-12(21)13(20)23/h1-4,6-7H,5H2. The number of nitro groups is 1. The van der Waals surface area contributed by atoms with Gasteiger partial charge in [0.15, 0.2) is 0 Å². The lowest BCUT2D eigenvalue weighted by Gasteiger charge is -2.11. The first-order valence-electron chi connectivity index (χ1n) is 6.74. The smallest absolute Gasteiger partial charge is 0.291 e. The highest BCUT2D eigenvalue weighted by Gasteiger charge is 2.33. The monoisotopic (exact) mass is 372 g/mol. The Morgan fingerprint density at radius 1 is 1.28 bits per heavy atom. The maximum absolute atomic E-state index is 12.9. The maximum atomic E-state index is 12.9. The quantitative estimate of drug-likeness (QED) is 0.522. The molecule has 0 spiro atoms. The predicted molar refractivity (Wildman–Crippen MR) is 81.7 cm³/mol. The molecule has 3 rings (SSSR count). The van der Waals surface area contributed by atoms with Crippen LogP contribution in [0.1, 0.15) is 11.1 Å². The lowest BCUT2D eigenvalue weighted by Crippen LogP contribution is -2.23. The summed E-state index contributed by atoms with van der Waals surface area (Å²) in [5.74, 6) is 0. The number of hydrogen-bond donors (Lipinski definition) is 0. The molecular formula is C14H8ClF3N4O3. The van der Waals surface area contributed by atoms with Crippen molar-refractivity contribution in [2.75, 3.05) is 0 Å². The zero-order chi connectivity index (χ0) is 18.4. The van der Waals surface area contributed by atoms with Crippen LogP contribution >= 0.6 is 11.6 Å². The van der Waals surface area contributed by atoms with Crippen LogP contribution in [0.4, 0.5) is 18.9 Å². The van der Waals surface area contributed by atoms with E-state index in [1.807, 2.05) is 0 Å². The molecule has 3 aromatic rings. The second-order valence-electron chi connectivity index (χ2n) is 5.16. The number of alkyl halides is 3. The molecule has 0 aliphatic heterocycles. The maximum Gasteiger partial charge on any atom is 0.417 e. The van der Waals surface area contributed by atoms with E-state index in [2.05, 4.69) is 5.10 Å². The number of hydrogen-bond acceptors (Lipinski definition) is 4. The summed E-state index contributed by atoms with van der Waals surface area (Å²) >= 11 is 5.56. The van der Waals surface area contributed by atoms with E-state index in [0.717, 1.165) is 39.8 Å². The molecule has 2 aromatic heterocycles. The molecule has 0 fully saturated rings. The second kappa shape index (κ2) is 5.88. The fraction of sp³-hybridized carbons (Fsp3) is 0.143. The molecule has 7 nitrogen and oxygen atoms in total. The summed E-state index contributed by atoms with van der Waals surface area (Å²) in [7, 11) is 0. The highest BCUT2D eigenvalue weighted by atomic mass is 35.5. The van der Waals surface area contributed by atoms with Gasteiger partial charge in [-0.05, 0) is 17.7 Å². The Balaban J connectivity index is 2.03. The van der Waals surface area contributed by atoms with Crippen LogP contribution in [0.3, 0.4) is 0 Å². The van der Waals surface area contributed by atoms with Gasteiger partial charge in [0.2, 0.25) is 0 Å². The predicted octanol–water partition coefficient (Wildman–Crippen LogP) is 3.12. The highest BCUT2D eigenvalue weighted by Crippen LogP contribution is 2.35. The van der Waals surface area contributed by atoms with Crippen LogP contribution in [0.15, 0.2) is 41.6 Å². The molecule has 0 aliphatic carbocycles. The van der Waals surface area contributed by atoms with E-state index in [0.29, 0.717) is 0 Å². The average Bonchev–Trinajstić information content (AvgIpc) is 2.96. The van der Waals surface area contributed by atoms with Gasteiger partial charge in [0.05, 0.1) is 22.1 Å². The number of nitrogens with zero attached hydrogens (tertiary/aromatic N) is 4. The minimum atomic E-state index is -4.62. The first-order chi connectivity index (χ1) is 11.7. The fourth-order valence-electron chi connectivity index (χ4n) is 2.31. The minimum absolute atomic E-state index is 0.0563. The number of fused-ring (bicyclic) bond motifs is 1. The minimum Gasteiger partial charge on any atom is -0.291 e. The fourth-order valence-corrected chi connectivity index (χ4v) is 2.53. The Bertz CT molecular complexity index is 1040. The molecule has 1 aromatic carbocycles. The molecular weight excluding hydrogens is 365 g/mol. The van der Waals surface area contributed by atoms with Crippen molar-refractivity contribution in [2.24, 2.45) is 0 Å². The van der Waals surface area contributed by atoms with Crippen molar-refractivity contribution in [3.05, 3.63) is 73.4 Å². The van der Waals surface area contributed by atoms with Gasteiger partial charge >= 0.3 is 6.18 Å². The van der Waals surface area contributed by atoms with Crippen molar-refractivity contribution in [3.63, 3.8) is 0 Å². The van der Waals surface area contributed by atoms with Crippen LogP contribution in [0.5, 0.6) is 0 Å². The van der Waals surface area contributed by atoms with Crippen molar-refractivity contribution >= 4 is 22.8 Å². The molecule has 0 saturated carbocycles. The summed E-state index contributed by atoms with van der Waals surface area (Å²) in [6.45, 7) is -0.193. The van der Waals surface area contributed by atoms with Gasteiger partial charge in [0, 0.05) is 6.07 Å². The number of benzene rings is 1. The van der Waals surface area contributed by atoms with E-state index < -0.39 is 27.2 Å². The van der Waals surface area contributed by atoms with E-state index in [1.165, 1.54) is 6.07 Å². The van der Waals surface area contributed by atoms with E-state index in [-0.39, 0.29) is 23.3 Å². The number of halogens is 4. The summed E-state index contributed by atoms with van der Waals surface area (Å²) in [6.07, 6.45) is -2.45. The largest absolute Gasteiger partial charge is 0.417 e. The zero-order valence-electron chi connectivity index (χ0n) is 12.2. The summed E-state index contributed by atoms with van der Waals surface area (Å²) in [4.78, 5) is 22.4. The van der Waals surface area contributed by atoms with Crippen molar-refractivity contribution in [1.29, 1.82) is 0 Å². The van der Waals surface area contributed by atoms with Crippen LogP contribution < -0.4 is 5.56 Å². The molecule has 0 N–H and O–H groups in total. The molecule has 0 atom stereocenters. The van der Waals surface area contributed by atoms with Crippen LogP contribution in [-0.4, -0.2) is 19.1 Å². The molecule has 11 heteroatoms. The van der Waals surface area contributed by atoms with Gasteiger partial charge in [0.1, 0.15) is 18.0 Å². The molecule has 0 aliphatic rings. The van der Waals surface area contributed by atoms with Crippen LogP contribution in [0, 0.1) is 10.1 Å². The molecule has 130 valence electrons. The Labute approximate surface area is 142 Å². The van der Waals surface area contributed by atoms with Gasteiger partial charge < -0.3 is 0 Å². The molecule has 0 radical (unpaired) electrons. The summed E-state index contributed by atoms with van der Waals surface area (Å²) in [6, 6.07) is 4.35. The average molecular weight is 373 g/mol. The van der Waals surface area contributed by atoms with Gasteiger partial charge in [-0.1, -0.05) is 17.7 Å². The third-order valence-corrected chi connectivity index (χ3v) is 3.81. The third kappa shape index (κ3) is 3.20. The van der Waals surface area contributed by atoms with E-state index >= 15 is 0 Å². The van der Waals surface area contributed by atoms with Crippen LogP contribution in [0.2, 0.25) is 5.02 Å². The van der Waals surface area contributed by atoms with Gasteiger partial charge in [-0.15, -0.1) is 0 Å². The normalized spacial score (nSPS) is 11.8. The molecule has 25 heavy (non-hydrogen) atoms. The van der Waals surface area contributed by atoms with Crippen LogP contribution in [0.25, 0.3) is 5.52 Å². The SMILES string of the molecule is O=c1c2cc([N+](=O)[O-])cn2ncn1Cc1ccc(Cl)c(C(F)(F)F)c1. The summed E-state index contributed by atoms with van der Waals surface area (Å²) in [5, 5.41) is 14.2. The molecule has 0 bridgehead atoms. The van der Waals surface area contributed by atoms with Crippen LogP contribution in [-0.2, 0) is 12.7 Å². The Morgan fingerprint density at radius 2 is 2.00 bits per heavy atom. The number of rotatable bonds is 3. The molecule has 0 unspecified atom stereocenters. The van der Waals surface area contributed by atoms with Crippen molar-refractivity contribution in [1.82, 2.24) is 14.2 Å². The van der Waals surface area contributed by atoms with Crippen molar-refractivity contribution in [2.45, 2.75) is 12.7 Å². The van der Waals surface area contributed by atoms with Gasteiger partial charge in [-0.3, -0.25) is 19.5 Å². The zero-order valence-corrected chi connectivity index (χ0v) is 13.0. The first-order valence-corrected chi connectivity index (χ1v) is 7.12. The lowest BCUT2D eigenvalue weighted by molar-refractivity contribution is -0.384. The first kappa shape index (κ1) is 17.0. The third-order valence-electron chi connectivity index (χ3n) is 3.48. The van der Waals surface area contributed by atoms with Gasteiger partial charge in [-0.25, -0.2) is 4.52 Å². The summed E-state index contributed by atoms with van der Waals surface area (Å²) in [5.41, 5.74) is -1.81. The van der Waals surface area contributed by atoms with E-state index in [4.69, 9.17) is 11.6 Å². The molecule has 0 saturated heterocycles. The van der Waals surface area contributed by atoms with Gasteiger partial charge in [0.25, 0.3) is 11.2 Å². The van der Waals surface area contributed by atoms with E-state index in [9.17, 15) is 28.1 Å².